The van der Waals surface area contributed by atoms with Crippen molar-refractivity contribution in [1.29, 1.82) is 0 Å². The zero-order chi connectivity index (χ0) is 21.3. The van der Waals surface area contributed by atoms with Crippen molar-refractivity contribution < 1.29 is 13.9 Å². The minimum Gasteiger partial charge on any atom is -0.496 e. The lowest BCUT2D eigenvalue weighted by molar-refractivity contribution is 0.282. The van der Waals surface area contributed by atoms with Gasteiger partial charge in [0.2, 0.25) is 0 Å². The van der Waals surface area contributed by atoms with Crippen LogP contribution in [0, 0.1) is 12.7 Å². The molecule has 2 heterocycles. The Morgan fingerprint density at radius 3 is 2.57 bits per heavy atom. The van der Waals surface area contributed by atoms with Crippen LogP contribution in [0.1, 0.15) is 11.3 Å². The minimum atomic E-state index is -0.534. The van der Waals surface area contributed by atoms with Gasteiger partial charge in [0.05, 0.1) is 29.7 Å². The van der Waals surface area contributed by atoms with Crippen LogP contribution in [-0.4, -0.2) is 36.7 Å². The summed E-state index contributed by atoms with van der Waals surface area (Å²) in [5, 5.41) is 11.9. The van der Waals surface area contributed by atoms with Crippen molar-refractivity contribution in [1.82, 2.24) is 29.6 Å². The maximum atomic E-state index is 14.6. The molecule has 2 aromatic carbocycles. The fourth-order valence-corrected chi connectivity index (χ4v) is 3.01. The molecular weight excluding hydrogens is 391 g/mol. The van der Waals surface area contributed by atoms with E-state index < -0.39 is 11.5 Å². The second-order valence-electron chi connectivity index (χ2n) is 6.56. The van der Waals surface area contributed by atoms with Crippen molar-refractivity contribution in [2.24, 2.45) is 7.05 Å². The molecule has 9 nitrogen and oxygen atoms in total. The summed E-state index contributed by atoms with van der Waals surface area (Å²) in [4.78, 5) is 12.3. The van der Waals surface area contributed by atoms with Gasteiger partial charge in [-0.05, 0) is 47.7 Å². The summed E-state index contributed by atoms with van der Waals surface area (Å²) < 4.78 is 29.6. The zero-order valence-electron chi connectivity index (χ0n) is 16.6. The molecule has 4 aromatic rings. The average Bonchev–Trinajstić information content (AvgIpc) is 3.32. The average molecular weight is 410 g/mol. The van der Waals surface area contributed by atoms with Crippen LogP contribution in [0.3, 0.4) is 0 Å². The predicted molar refractivity (Wildman–Crippen MR) is 106 cm³/mol. The molecule has 0 saturated carbocycles. The predicted octanol–water partition coefficient (Wildman–Crippen LogP) is 2.19. The highest BCUT2D eigenvalue weighted by molar-refractivity contribution is 5.49. The van der Waals surface area contributed by atoms with Crippen molar-refractivity contribution >= 4 is 0 Å². The fraction of sp³-hybridized carbons (Fsp3) is 0.200. The van der Waals surface area contributed by atoms with Crippen LogP contribution in [0.4, 0.5) is 4.39 Å². The number of ether oxygens (including phenoxy) is 2. The number of nitrogens with zero attached hydrogens (tertiary/aromatic N) is 6. The molecule has 0 aliphatic heterocycles. The molecule has 0 N–H and O–H groups in total. The van der Waals surface area contributed by atoms with Crippen molar-refractivity contribution in [3.63, 3.8) is 0 Å². The summed E-state index contributed by atoms with van der Waals surface area (Å²) in [5.41, 5.74) is 1.97. The molecule has 0 unspecified atom stereocenters. The number of halogens is 1. The third kappa shape index (κ3) is 3.54. The lowest BCUT2D eigenvalue weighted by Crippen LogP contribution is -2.23. The number of tetrazole rings is 1. The van der Waals surface area contributed by atoms with Gasteiger partial charge in [0.15, 0.2) is 11.6 Å². The van der Waals surface area contributed by atoms with Gasteiger partial charge in [0, 0.05) is 19.3 Å². The van der Waals surface area contributed by atoms with Gasteiger partial charge in [-0.15, -0.1) is 0 Å². The number of benzene rings is 2. The molecular formula is C20H19FN6O3. The number of aromatic nitrogens is 6. The van der Waals surface area contributed by atoms with E-state index in [1.807, 2.05) is 13.0 Å². The topological polar surface area (TPSA) is 89.0 Å². The Kier molecular flexibility index (Phi) is 5.05. The third-order valence-corrected chi connectivity index (χ3v) is 4.55. The van der Waals surface area contributed by atoms with Gasteiger partial charge in [-0.1, -0.05) is 6.07 Å². The first-order valence-corrected chi connectivity index (χ1v) is 9.08. The Morgan fingerprint density at radius 2 is 1.93 bits per heavy atom. The largest absolute Gasteiger partial charge is 0.496 e. The molecule has 0 spiro atoms. The second kappa shape index (κ2) is 7.82. The van der Waals surface area contributed by atoms with Crippen LogP contribution in [0.15, 0.2) is 53.5 Å². The van der Waals surface area contributed by atoms with Gasteiger partial charge < -0.3 is 9.47 Å². The fourth-order valence-electron chi connectivity index (χ4n) is 3.01. The maximum absolute atomic E-state index is 14.6. The molecule has 30 heavy (non-hydrogen) atoms. The highest BCUT2D eigenvalue weighted by Gasteiger charge is 2.17. The summed E-state index contributed by atoms with van der Waals surface area (Å²) in [5.74, 6) is 0.00819. The Balaban J connectivity index is 1.64. The van der Waals surface area contributed by atoms with Gasteiger partial charge in [-0.2, -0.15) is 14.5 Å². The summed E-state index contributed by atoms with van der Waals surface area (Å²) in [6, 6.07) is 11.6. The number of hydrogen-bond acceptors (Lipinski definition) is 6. The van der Waals surface area contributed by atoms with Crippen LogP contribution in [0.25, 0.3) is 11.4 Å². The highest BCUT2D eigenvalue weighted by atomic mass is 19.1. The molecule has 0 saturated heterocycles. The Morgan fingerprint density at radius 1 is 1.10 bits per heavy atom. The second-order valence-corrected chi connectivity index (χ2v) is 6.56. The number of rotatable bonds is 6. The Hall–Kier alpha value is -3.95. The van der Waals surface area contributed by atoms with Gasteiger partial charge >= 0.3 is 5.69 Å². The van der Waals surface area contributed by atoms with Crippen LogP contribution in [0.5, 0.6) is 11.5 Å². The molecule has 0 aliphatic rings. The molecule has 0 radical (unpaired) electrons. The molecule has 0 amide bonds. The highest BCUT2D eigenvalue weighted by Crippen LogP contribution is 2.27. The van der Waals surface area contributed by atoms with E-state index in [-0.39, 0.29) is 12.4 Å². The minimum absolute atomic E-state index is 0.0422. The summed E-state index contributed by atoms with van der Waals surface area (Å²) in [6.45, 7) is 1.82. The smallest absolute Gasteiger partial charge is 0.368 e. The van der Waals surface area contributed by atoms with Crippen molar-refractivity contribution in [3.8, 4) is 22.9 Å². The van der Waals surface area contributed by atoms with Crippen LogP contribution in [-0.2, 0) is 13.7 Å². The summed E-state index contributed by atoms with van der Waals surface area (Å²) >= 11 is 0. The van der Waals surface area contributed by atoms with E-state index in [1.165, 1.54) is 26.3 Å². The molecule has 2 aromatic heterocycles. The SMILES string of the molecule is COc1cccc(-n2nnn(C)c2=O)c1COc1ccc(-n2ccc(C)n2)cc1F. The normalized spacial score (nSPS) is 10.9. The number of methoxy groups -OCH3 is 1. The molecule has 0 fully saturated rings. The Bertz CT molecular complexity index is 1260. The standard InChI is InChI=1S/C20H19FN6O3/c1-13-9-10-26(22-13)14-7-8-19(16(21)11-14)30-12-15-17(5-4-6-18(15)29-3)27-20(28)25(2)23-24-27/h4-11H,12H2,1-3H3. The van der Waals surface area contributed by atoms with E-state index >= 15 is 0 Å². The van der Waals surface area contributed by atoms with E-state index in [0.717, 1.165) is 15.1 Å². The first-order valence-electron chi connectivity index (χ1n) is 9.08. The van der Waals surface area contributed by atoms with Gasteiger partial charge in [0.25, 0.3) is 0 Å². The molecule has 4 rings (SSSR count). The van der Waals surface area contributed by atoms with E-state index in [0.29, 0.717) is 22.7 Å². The van der Waals surface area contributed by atoms with Gasteiger partial charge in [-0.3, -0.25) is 0 Å². The number of aryl methyl sites for hydroxylation is 2. The quantitative estimate of drug-likeness (QED) is 0.484. The summed E-state index contributed by atoms with van der Waals surface area (Å²) in [7, 11) is 3.00. The van der Waals surface area contributed by atoms with Crippen molar-refractivity contribution in [2.45, 2.75) is 13.5 Å². The van der Waals surface area contributed by atoms with Crippen LogP contribution < -0.4 is 15.2 Å². The maximum Gasteiger partial charge on any atom is 0.368 e. The zero-order valence-corrected chi connectivity index (χ0v) is 16.6. The van der Waals surface area contributed by atoms with Gasteiger partial charge in [-0.25, -0.2) is 13.9 Å². The summed E-state index contributed by atoms with van der Waals surface area (Å²) in [6.07, 6.45) is 1.75. The molecule has 0 atom stereocenters. The van der Waals surface area contributed by atoms with Crippen LogP contribution in [0.2, 0.25) is 0 Å². The van der Waals surface area contributed by atoms with E-state index in [2.05, 4.69) is 15.5 Å². The van der Waals surface area contributed by atoms with Crippen molar-refractivity contribution in [2.75, 3.05) is 7.11 Å². The van der Waals surface area contributed by atoms with Crippen LogP contribution >= 0.6 is 0 Å². The van der Waals surface area contributed by atoms with E-state index in [4.69, 9.17) is 9.47 Å². The lowest BCUT2D eigenvalue weighted by Gasteiger charge is -2.14. The van der Waals surface area contributed by atoms with Crippen molar-refractivity contribution in [3.05, 3.63) is 76.2 Å². The number of hydrogen-bond donors (Lipinski definition) is 0. The monoisotopic (exact) mass is 410 g/mol. The lowest BCUT2D eigenvalue weighted by atomic mass is 10.1. The molecule has 0 bridgehead atoms. The molecule has 154 valence electrons. The van der Waals surface area contributed by atoms with Gasteiger partial charge in [0.1, 0.15) is 12.4 Å². The molecule has 10 heteroatoms. The van der Waals surface area contributed by atoms with E-state index in [1.54, 1.807) is 35.1 Å². The third-order valence-electron chi connectivity index (χ3n) is 4.55. The molecule has 0 aliphatic carbocycles. The first-order chi connectivity index (χ1) is 14.5. The van der Waals surface area contributed by atoms with E-state index in [9.17, 15) is 9.18 Å². The Labute approximate surface area is 170 Å². The first kappa shape index (κ1) is 19.4.